The van der Waals surface area contributed by atoms with E-state index in [-0.39, 0.29) is 36.6 Å². The summed E-state index contributed by atoms with van der Waals surface area (Å²) in [6.07, 6.45) is 1.38. The molecule has 0 radical (unpaired) electrons. The van der Waals surface area contributed by atoms with Crippen LogP contribution in [-0.4, -0.2) is 61.2 Å². The van der Waals surface area contributed by atoms with Gasteiger partial charge in [0.1, 0.15) is 0 Å². The van der Waals surface area contributed by atoms with Gasteiger partial charge in [-0.05, 0) is 62.3 Å². The average molecular weight is 318 g/mol. The molecule has 0 unspecified atom stereocenters. The van der Waals surface area contributed by atoms with Gasteiger partial charge in [-0.15, -0.1) is 0 Å². The topological polar surface area (TPSA) is 30.9 Å². The van der Waals surface area contributed by atoms with E-state index in [0.29, 0.717) is 0 Å². The van der Waals surface area contributed by atoms with Crippen LogP contribution in [0.4, 0.5) is 0 Å². The molecule has 0 heterocycles. The predicted molar refractivity (Wildman–Crippen MR) is 93.5 cm³/mol. The summed E-state index contributed by atoms with van der Waals surface area (Å²) in [7, 11) is 0. The molecule has 134 valence electrons. The Balaban J connectivity index is 4.53. The van der Waals surface area contributed by atoms with E-state index in [9.17, 15) is 0 Å². The van der Waals surface area contributed by atoms with E-state index in [2.05, 4.69) is 67.2 Å². The van der Waals surface area contributed by atoms with Crippen molar-refractivity contribution >= 4 is 0 Å². The van der Waals surface area contributed by atoms with Crippen molar-refractivity contribution in [2.45, 2.75) is 98.9 Å². The molecule has 0 amide bonds. The summed E-state index contributed by atoms with van der Waals surface area (Å²) in [5, 5.41) is 0. The molecule has 4 heteroatoms. The van der Waals surface area contributed by atoms with E-state index in [1.807, 2.05) is 0 Å². The first kappa shape index (κ1) is 21.8. The van der Waals surface area contributed by atoms with Crippen molar-refractivity contribution in [3.05, 3.63) is 0 Å². The van der Waals surface area contributed by atoms with Crippen molar-refractivity contribution in [3.8, 4) is 0 Å². The third-order valence-corrected chi connectivity index (χ3v) is 3.06. The number of hydrogen-bond donors (Lipinski definition) is 0. The SMILES string of the molecule is CC(C)O[C@H](C)CN(C[C@@H](C)OC(C)C)C[C@@H](C)OC(C)C. The van der Waals surface area contributed by atoms with Crippen LogP contribution in [0.5, 0.6) is 0 Å². The highest BCUT2D eigenvalue weighted by atomic mass is 16.5. The van der Waals surface area contributed by atoms with Gasteiger partial charge >= 0.3 is 0 Å². The van der Waals surface area contributed by atoms with Crippen molar-refractivity contribution in [1.82, 2.24) is 4.90 Å². The number of ether oxygens (including phenoxy) is 3. The second-order valence-electron chi connectivity index (χ2n) is 7.20. The third-order valence-electron chi connectivity index (χ3n) is 3.06. The molecule has 0 aromatic carbocycles. The van der Waals surface area contributed by atoms with E-state index < -0.39 is 0 Å². The Kier molecular flexibility index (Phi) is 11.3. The van der Waals surface area contributed by atoms with Crippen molar-refractivity contribution in [2.75, 3.05) is 19.6 Å². The summed E-state index contributed by atoms with van der Waals surface area (Å²) >= 11 is 0. The highest BCUT2D eigenvalue weighted by Gasteiger charge is 2.19. The van der Waals surface area contributed by atoms with E-state index in [4.69, 9.17) is 14.2 Å². The summed E-state index contributed by atoms with van der Waals surface area (Å²) in [5.41, 5.74) is 0. The second-order valence-corrected chi connectivity index (χ2v) is 7.20. The Labute approximate surface area is 138 Å². The van der Waals surface area contributed by atoms with Crippen LogP contribution in [0.15, 0.2) is 0 Å². The molecule has 0 aliphatic rings. The van der Waals surface area contributed by atoms with Crippen LogP contribution in [0, 0.1) is 0 Å². The maximum Gasteiger partial charge on any atom is 0.0677 e. The normalized spacial score (nSPS) is 16.8. The van der Waals surface area contributed by atoms with Gasteiger partial charge in [-0.2, -0.15) is 0 Å². The van der Waals surface area contributed by atoms with Crippen molar-refractivity contribution in [1.29, 1.82) is 0 Å². The highest BCUT2D eigenvalue weighted by molar-refractivity contribution is 4.70. The summed E-state index contributed by atoms with van der Waals surface area (Å²) in [6.45, 7) is 21.6. The Morgan fingerprint density at radius 3 is 0.909 bits per heavy atom. The number of rotatable bonds is 12. The van der Waals surface area contributed by atoms with Crippen molar-refractivity contribution < 1.29 is 14.2 Å². The van der Waals surface area contributed by atoms with Crippen LogP contribution >= 0.6 is 0 Å². The van der Waals surface area contributed by atoms with Crippen LogP contribution in [-0.2, 0) is 14.2 Å². The molecule has 22 heavy (non-hydrogen) atoms. The standard InChI is InChI=1S/C18H39NO3/c1-13(2)20-16(7)10-19(11-17(8)21-14(3)4)12-18(9)22-15(5)6/h13-18H,10-12H2,1-9H3/t16-,17-,18-/m1/s1. The zero-order valence-electron chi connectivity index (χ0n) is 16.3. The molecule has 0 saturated carbocycles. The fourth-order valence-corrected chi connectivity index (χ4v) is 2.84. The predicted octanol–water partition coefficient (Wildman–Crippen LogP) is 3.73. The number of nitrogens with zero attached hydrogens (tertiary/aromatic N) is 1. The van der Waals surface area contributed by atoms with Gasteiger partial charge < -0.3 is 14.2 Å². The minimum atomic E-state index is 0.206. The minimum absolute atomic E-state index is 0.206. The van der Waals surface area contributed by atoms with Gasteiger partial charge in [0.25, 0.3) is 0 Å². The fourth-order valence-electron chi connectivity index (χ4n) is 2.84. The Morgan fingerprint density at radius 1 is 0.500 bits per heavy atom. The second kappa shape index (κ2) is 11.4. The van der Waals surface area contributed by atoms with E-state index in [0.717, 1.165) is 19.6 Å². The van der Waals surface area contributed by atoms with Crippen LogP contribution < -0.4 is 0 Å². The Morgan fingerprint density at radius 2 is 0.727 bits per heavy atom. The zero-order valence-corrected chi connectivity index (χ0v) is 16.3. The van der Waals surface area contributed by atoms with E-state index in [1.165, 1.54) is 0 Å². The Bertz CT molecular complexity index is 226. The molecule has 3 atom stereocenters. The molecule has 0 aromatic rings. The first-order valence-corrected chi connectivity index (χ1v) is 8.78. The molecule has 4 nitrogen and oxygen atoms in total. The lowest BCUT2D eigenvalue weighted by Crippen LogP contribution is -2.43. The molecule has 0 aromatic heterocycles. The van der Waals surface area contributed by atoms with E-state index in [1.54, 1.807) is 0 Å². The van der Waals surface area contributed by atoms with Crippen LogP contribution in [0.2, 0.25) is 0 Å². The molecule has 0 bridgehead atoms. The summed E-state index contributed by atoms with van der Waals surface area (Å²) < 4.78 is 17.6. The highest BCUT2D eigenvalue weighted by Crippen LogP contribution is 2.08. The summed E-state index contributed by atoms with van der Waals surface area (Å²) in [5.74, 6) is 0. The number of hydrogen-bond acceptors (Lipinski definition) is 4. The van der Waals surface area contributed by atoms with Gasteiger partial charge in [0.2, 0.25) is 0 Å². The van der Waals surface area contributed by atoms with Gasteiger partial charge in [0, 0.05) is 19.6 Å². The molecule has 0 aliphatic carbocycles. The Hall–Kier alpha value is -0.160. The molecule has 0 fully saturated rings. The van der Waals surface area contributed by atoms with Crippen molar-refractivity contribution in [3.63, 3.8) is 0 Å². The van der Waals surface area contributed by atoms with Gasteiger partial charge in [-0.1, -0.05) is 0 Å². The summed E-state index contributed by atoms with van der Waals surface area (Å²) in [4.78, 5) is 2.40. The molecule has 0 spiro atoms. The molecular formula is C18H39NO3. The first-order chi connectivity index (χ1) is 10.1. The summed E-state index contributed by atoms with van der Waals surface area (Å²) in [6, 6.07) is 0. The molecule has 0 N–H and O–H groups in total. The maximum absolute atomic E-state index is 5.88. The maximum atomic E-state index is 5.88. The van der Waals surface area contributed by atoms with Gasteiger partial charge in [0.15, 0.2) is 0 Å². The van der Waals surface area contributed by atoms with Crippen LogP contribution in [0.3, 0.4) is 0 Å². The average Bonchev–Trinajstić information content (AvgIpc) is 2.23. The molecule has 0 rings (SSSR count). The lowest BCUT2D eigenvalue weighted by molar-refractivity contribution is -0.0501. The largest absolute Gasteiger partial charge is 0.375 e. The quantitative estimate of drug-likeness (QED) is 0.549. The molecule has 0 aliphatic heterocycles. The lowest BCUT2D eigenvalue weighted by Gasteiger charge is -2.32. The minimum Gasteiger partial charge on any atom is -0.375 e. The van der Waals surface area contributed by atoms with Crippen LogP contribution in [0.25, 0.3) is 0 Å². The molecule has 0 saturated heterocycles. The monoisotopic (exact) mass is 317 g/mol. The zero-order chi connectivity index (χ0) is 17.3. The third kappa shape index (κ3) is 12.4. The smallest absolute Gasteiger partial charge is 0.0677 e. The van der Waals surface area contributed by atoms with Gasteiger partial charge in [-0.25, -0.2) is 0 Å². The first-order valence-electron chi connectivity index (χ1n) is 8.78. The van der Waals surface area contributed by atoms with Crippen LogP contribution in [0.1, 0.15) is 62.3 Å². The van der Waals surface area contributed by atoms with Gasteiger partial charge in [-0.3, -0.25) is 4.90 Å². The fraction of sp³-hybridized carbons (Fsp3) is 1.00. The lowest BCUT2D eigenvalue weighted by atomic mass is 10.2. The van der Waals surface area contributed by atoms with E-state index >= 15 is 0 Å². The molecular weight excluding hydrogens is 278 g/mol. The van der Waals surface area contributed by atoms with Crippen molar-refractivity contribution in [2.24, 2.45) is 0 Å². The van der Waals surface area contributed by atoms with Gasteiger partial charge in [0.05, 0.1) is 36.6 Å².